The Morgan fingerprint density at radius 1 is 1.00 bits per heavy atom. The van der Waals surface area contributed by atoms with E-state index in [1.165, 1.54) is 19.1 Å². The summed E-state index contributed by atoms with van der Waals surface area (Å²) >= 11 is 0. The van der Waals surface area contributed by atoms with Gasteiger partial charge in [0.25, 0.3) is 5.91 Å². The molecule has 3 amide bonds. The molecule has 0 radical (unpaired) electrons. The summed E-state index contributed by atoms with van der Waals surface area (Å²) in [6.45, 7) is 3.01. The standard InChI is InChI=1S/C16H15N3O3/c1-10-13(8-9-14(17-10)11(2)20)15(21)19-16(22)18-12-6-4-3-5-7-12/h3-9H,1-2H3,(H2,18,19,21,22). The van der Waals surface area contributed by atoms with Gasteiger partial charge < -0.3 is 5.32 Å². The zero-order chi connectivity index (χ0) is 16.1. The first-order chi connectivity index (χ1) is 10.5. The quantitative estimate of drug-likeness (QED) is 0.852. The zero-order valence-electron chi connectivity index (χ0n) is 12.2. The average Bonchev–Trinajstić information content (AvgIpc) is 2.47. The van der Waals surface area contributed by atoms with E-state index in [0.29, 0.717) is 11.4 Å². The summed E-state index contributed by atoms with van der Waals surface area (Å²) < 4.78 is 0. The molecule has 0 unspecified atom stereocenters. The van der Waals surface area contributed by atoms with Crippen molar-refractivity contribution in [2.45, 2.75) is 13.8 Å². The molecule has 0 aliphatic heterocycles. The molecule has 0 atom stereocenters. The number of anilines is 1. The van der Waals surface area contributed by atoms with Crippen LogP contribution in [0.5, 0.6) is 0 Å². The molecule has 0 saturated carbocycles. The Morgan fingerprint density at radius 2 is 1.68 bits per heavy atom. The van der Waals surface area contributed by atoms with E-state index >= 15 is 0 Å². The van der Waals surface area contributed by atoms with Crippen molar-refractivity contribution in [2.75, 3.05) is 5.32 Å². The molecule has 1 aromatic carbocycles. The number of nitrogens with zero attached hydrogens (tertiary/aromatic N) is 1. The van der Waals surface area contributed by atoms with Crippen LogP contribution < -0.4 is 10.6 Å². The van der Waals surface area contributed by atoms with Crippen LogP contribution in [0.1, 0.15) is 33.5 Å². The van der Waals surface area contributed by atoms with Gasteiger partial charge in [-0.05, 0) is 31.2 Å². The minimum absolute atomic E-state index is 0.183. The van der Waals surface area contributed by atoms with E-state index in [1.54, 1.807) is 31.2 Å². The minimum atomic E-state index is -0.633. The van der Waals surface area contributed by atoms with Crippen molar-refractivity contribution < 1.29 is 14.4 Å². The van der Waals surface area contributed by atoms with Crippen molar-refractivity contribution in [3.8, 4) is 0 Å². The number of hydrogen-bond acceptors (Lipinski definition) is 4. The third kappa shape index (κ3) is 3.76. The van der Waals surface area contributed by atoms with Gasteiger partial charge in [0.15, 0.2) is 5.78 Å². The molecule has 112 valence electrons. The van der Waals surface area contributed by atoms with Gasteiger partial charge >= 0.3 is 6.03 Å². The summed E-state index contributed by atoms with van der Waals surface area (Å²) in [6, 6.07) is 11.1. The number of amides is 3. The second kappa shape index (κ2) is 6.62. The fraction of sp³-hybridized carbons (Fsp3) is 0.125. The van der Waals surface area contributed by atoms with E-state index in [1.807, 2.05) is 6.07 Å². The Hall–Kier alpha value is -3.02. The van der Waals surface area contributed by atoms with Gasteiger partial charge in [0.05, 0.1) is 11.3 Å². The van der Waals surface area contributed by atoms with Gasteiger partial charge in [0.2, 0.25) is 0 Å². The van der Waals surface area contributed by atoms with E-state index in [-0.39, 0.29) is 17.0 Å². The fourth-order valence-electron chi connectivity index (χ4n) is 1.85. The lowest BCUT2D eigenvalue weighted by Crippen LogP contribution is -2.34. The highest BCUT2D eigenvalue weighted by Crippen LogP contribution is 2.08. The lowest BCUT2D eigenvalue weighted by Gasteiger charge is -2.08. The summed E-state index contributed by atoms with van der Waals surface area (Å²) in [6.07, 6.45) is 0. The highest BCUT2D eigenvalue weighted by atomic mass is 16.2. The molecular formula is C16H15N3O3. The zero-order valence-corrected chi connectivity index (χ0v) is 12.2. The number of carbonyl (C=O) groups excluding carboxylic acids is 3. The molecule has 0 aliphatic carbocycles. The normalized spacial score (nSPS) is 9.91. The monoisotopic (exact) mass is 297 g/mol. The SMILES string of the molecule is CC(=O)c1ccc(C(=O)NC(=O)Nc2ccccc2)c(C)n1. The molecular weight excluding hydrogens is 282 g/mol. The van der Waals surface area contributed by atoms with Gasteiger partial charge in [-0.3, -0.25) is 14.9 Å². The van der Waals surface area contributed by atoms with Crippen LogP contribution in [0.2, 0.25) is 0 Å². The van der Waals surface area contributed by atoms with Crippen molar-refractivity contribution >= 4 is 23.4 Å². The number of aryl methyl sites for hydroxylation is 1. The molecule has 0 aliphatic rings. The molecule has 6 heteroatoms. The van der Waals surface area contributed by atoms with Gasteiger partial charge in [-0.2, -0.15) is 0 Å². The topological polar surface area (TPSA) is 88.2 Å². The van der Waals surface area contributed by atoms with Crippen molar-refractivity contribution in [1.29, 1.82) is 0 Å². The van der Waals surface area contributed by atoms with Crippen LogP contribution in [0.15, 0.2) is 42.5 Å². The number of ketones is 1. The summed E-state index contributed by atoms with van der Waals surface area (Å²) in [5.74, 6) is -0.759. The fourth-order valence-corrected chi connectivity index (χ4v) is 1.85. The Balaban J connectivity index is 2.06. The van der Waals surface area contributed by atoms with Gasteiger partial charge in [0, 0.05) is 12.6 Å². The van der Waals surface area contributed by atoms with E-state index in [0.717, 1.165) is 0 Å². The third-order valence-corrected chi connectivity index (χ3v) is 2.95. The first-order valence-electron chi connectivity index (χ1n) is 6.63. The first kappa shape index (κ1) is 15.4. The number of Topliss-reactive ketones (excluding diaryl/α,β-unsaturated/α-hetero) is 1. The van der Waals surface area contributed by atoms with Crippen molar-refractivity contribution in [3.05, 3.63) is 59.4 Å². The molecule has 2 N–H and O–H groups in total. The Labute approximate surface area is 127 Å². The average molecular weight is 297 g/mol. The molecule has 1 heterocycles. The van der Waals surface area contributed by atoms with E-state index in [9.17, 15) is 14.4 Å². The number of benzene rings is 1. The molecule has 6 nitrogen and oxygen atoms in total. The number of urea groups is 1. The van der Waals surface area contributed by atoms with Gasteiger partial charge in [-0.1, -0.05) is 18.2 Å². The number of pyridine rings is 1. The van der Waals surface area contributed by atoms with E-state index in [4.69, 9.17) is 0 Å². The minimum Gasteiger partial charge on any atom is -0.308 e. The van der Waals surface area contributed by atoms with Gasteiger partial charge in [-0.25, -0.2) is 9.78 Å². The second-order valence-corrected chi connectivity index (χ2v) is 4.66. The highest BCUT2D eigenvalue weighted by molar-refractivity contribution is 6.08. The van der Waals surface area contributed by atoms with Crippen LogP contribution in [0, 0.1) is 6.92 Å². The number of para-hydroxylation sites is 1. The summed E-state index contributed by atoms with van der Waals surface area (Å²) in [7, 11) is 0. The van der Waals surface area contributed by atoms with Crippen LogP contribution in [-0.4, -0.2) is 22.7 Å². The third-order valence-electron chi connectivity index (χ3n) is 2.95. The number of rotatable bonds is 3. The lowest BCUT2D eigenvalue weighted by atomic mass is 10.1. The van der Waals surface area contributed by atoms with Crippen LogP contribution >= 0.6 is 0 Å². The smallest absolute Gasteiger partial charge is 0.308 e. The maximum absolute atomic E-state index is 12.1. The number of carbonyl (C=O) groups is 3. The Morgan fingerprint density at radius 3 is 2.27 bits per heavy atom. The molecule has 22 heavy (non-hydrogen) atoms. The predicted molar refractivity (Wildman–Crippen MR) is 81.9 cm³/mol. The predicted octanol–water partition coefficient (Wildman–Crippen LogP) is 2.55. The van der Waals surface area contributed by atoms with Crippen LogP contribution in [-0.2, 0) is 0 Å². The van der Waals surface area contributed by atoms with Crippen LogP contribution in [0.25, 0.3) is 0 Å². The first-order valence-corrected chi connectivity index (χ1v) is 6.63. The molecule has 0 fully saturated rings. The summed E-state index contributed by atoms with van der Waals surface area (Å²) in [5, 5.41) is 4.77. The Kier molecular flexibility index (Phi) is 4.63. The molecule has 0 spiro atoms. The van der Waals surface area contributed by atoms with Crippen molar-refractivity contribution in [3.63, 3.8) is 0 Å². The largest absolute Gasteiger partial charge is 0.326 e. The maximum atomic E-state index is 12.1. The number of imide groups is 1. The van der Waals surface area contributed by atoms with Crippen molar-refractivity contribution in [2.24, 2.45) is 0 Å². The van der Waals surface area contributed by atoms with Crippen LogP contribution in [0.3, 0.4) is 0 Å². The van der Waals surface area contributed by atoms with E-state index in [2.05, 4.69) is 15.6 Å². The molecule has 2 rings (SSSR count). The summed E-state index contributed by atoms with van der Waals surface area (Å²) in [4.78, 5) is 39.1. The van der Waals surface area contributed by atoms with E-state index < -0.39 is 11.9 Å². The highest BCUT2D eigenvalue weighted by Gasteiger charge is 2.14. The van der Waals surface area contributed by atoms with Gasteiger partial charge in [0.1, 0.15) is 5.69 Å². The molecule has 0 saturated heterocycles. The lowest BCUT2D eigenvalue weighted by molar-refractivity contribution is 0.0962. The van der Waals surface area contributed by atoms with Crippen LogP contribution in [0.4, 0.5) is 10.5 Å². The van der Waals surface area contributed by atoms with Crippen molar-refractivity contribution in [1.82, 2.24) is 10.3 Å². The number of aromatic nitrogens is 1. The molecule has 1 aromatic heterocycles. The second-order valence-electron chi connectivity index (χ2n) is 4.66. The summed E-state index contributed by atoms with van der Waals surface area (Å²) in [5.41, 5.74) is 1.49. The van der Waals surface area contributed by atoms with Gasteiger partial charge in [-0.15, -0.1) is 0 Å². The molecule has 2 aromatic rings. The Bertz CT molecular complexity index is 727. The molecule has 0 bridgehead atoms. The number of nitrogens with one attached hydrogen (secondary N) is 2. The number of hydrogen-bond donors (Lipinski definition) is 2. The maximum Gasteiger partial charge on any atom is 0.326 e.